The molecule has 5 rings (SSSR count). The molecule has 3 aromatic rings. The lowest BCUT2D eigenvalue weighted by atomic mass is 9.93. The molecule has 6 nitrogen and oxygen atoms in total. The van der Waals surface area contributed by atoms with Gasteiger partial charge in [-0.1, -0.05) is 36.4 Å². The van der Waals surface area contributed by atoms with Crippen molar-refractivity contribution < 1.29 is 4.79 Å². The third-order valence-electron chi connectivity index (χ3n) is 5.89. The molecule has 2 aromatic carbocycles. The summed E-state index contributed by atoms with van der Waals surface area (Å²) in [4.78, 5) is 23.9. The molecule has 0 aliphatic carbocycles. The number of nitrogens with zero attached hydrogens (tertiary/aromatic N) is 3. The van der Waals surface area contributed by atoms with Gasteiger partial charge in [0.05, 0.1) is 17.8 Å². The molecular formula is C22H23N5O. The van der Waals surface area contributed by atoms with Gasteiger partial charge >= 0.3 is 0 Å². The number of hydrogen-bond donors (Lipinski definition) is 2. The summed E-state index contributed by atoms with van der Waals surface area (Å²) >= 11 is 0. The Morgan fingerprint density at radius 3 is 2.75 bits per heavy atom. The molecule has 0 radical (unpaired) electrons. The standard InChI is InChI=1S/C22H23N5O/c28-20-14-27(12-11-24-20)22(8-10-23-15-22)21-25-9-7-19(26-21)18-6-5-16-3-1-2-4-17(16)13-18/h1-7,9,13,23H,8,10-12,14-15H2,(H,24,28)/t22-/m0/s1. The van der Waals surface area contributed by atoms with Crippen molar-refractivity contribution in [1.29, 1.82) is 0 Å². The first-order chi connectivity index (χ1) is 13.7. The molecule has 2 saturated heterocycles. The van der Waals surface area contributed by atoms with Gasteiger partial charge in [-0.05, 0) is 35.9 Å². The van der Waals surface area contributed by atoms with Gasteiger partial charge in [0.2, 0.25) is 5.91 Å². The minimum absolute atomic E-state index is 0.0724. The zero-order valence-electron chi connectivity index (χ0n) is 15.7. The van der Waals surface area contributed by atoms with Gasteiger partial charge in [-0.3, -0.25) is 9.69 Å². The summed E-state index contributed by atoms with van der Waals surface area (Å²) < 4.78 is 0. The Morgan fingerprint density at radius 1 is 1.04 bits per heavy atom. The van der Waals surface area contributed by atoms with Crippen LogP contribution < -0.4 is 10.6 Å². The van der Waals surface area contributed by atoms with Crippen LogP contribution in [0.1, 0.15) is 12.2 Å². The second kappa shape index (κ2) is 6.96. The summed E-state index contributed by atoms with van der Waals surface area (Å²) in [6.45, 7) is 3.55. The molecule has 28 heavy (non-hydrogen) atoms. The van der Waals surface area contributed by atoms with Crippen LogP contribution in [0.5, 0.6) is 0 Å². The number of carbonyl (C=O) groups excluding carboxylic acids is 1. The van der Waals surface area contributed by atoms with E-state index in [4.69, 9.17) is 4.98 Å². The Morgan fingerprint density at radius 2 is 1.93 bits per heavy atom. The monoisotopic (exact) mass is 373 g/mol. The molecule has 142 valence electrons. The predicted octanol–water partition coefficient (Wildman–Crippen LogP) is 1.92. The second-order valence-corrected chi connectivity index (χ2v) is 7.56. The van der Waals surface area contributed by atoms with E-state index >= 15 is 0 Å². The van der Waals surface area contributed by atoms with Crippen molar-refractivity contribution in [3.05, 3.63) is 60.6 Å². The largest absolute Gasteiger partial charge is 0.354 e. The Labute approximate surface area is 164 Å². The highest BCUT2D eigenvalue weighted by molar-refractivity contribution is 5.86. The first-order valence-corrected chi connectivity index (χ1v) is 9.80. The fourth-order valence-corrected chi connectivity index (χ4v) is 4.38. The molecule has 0 bridgehead atoms. The molecule has 0 saturated carbocycles. The number of rotatable bonds is 3. The van der Waals surface area contributed by atoms with Crippen LogP contribution >= 0.6 is 0 Å². The number of benzene rings is 2. The Hall–Kier alpha value is -2.83. The van der Waals surface area contributed by atoms with E-state index in [1.165, 1.54) is 10.8 Å². The van der Waals surface area contributed by atoms with E-state index in [1.54, 1.807) is 0 Å². The summed E-state index contributed by atoms with van der Waals surface area (Å²) in [5.41, 5.74) is 1.67. The maximum Gasteiger partial charge on any atom is 0.234 e. The molecular weight excluding hydrogens is 350 g/mol. The maximum atomic E-state index is 12.0. The Bertz CT molecular complexity index is 1030. The number of fused-ring (bicyclic) bond motifs is 1. The zero-order chi connectivity index (χ0) is 19.0. The third-order valence-corrected chi connectivity index (χ3v) is 5.89. The van der Waals surface area contributed by atoms with Gasteiger partial charge in [-0.2, -0.15) is 0 Å². The van der Waals surface area contributed by atoms with Gasteiger partial charge in [0.25, 0.3) is 0 Å². The number of amides is 1. The molecule has 1 amide bonds. The third kappa shape index (κ3) is 2.95. The van der Waals surface area contributed by atoms with Crippen molar-refractivity contribution in [2.24, 2.45) is 0 Å². The number of nitrogens with one attached hydrogen (secondary N) is 2. The second-order valence-electron chi connectivity index (χ2n) is 7.56. The fraction of sp³-hybridized carbons (Fsp3) is 0.318. The van der Waals surface area contributed by atoms with Gasteiger partial charge in [0, 0.05) is 31.4 Å². The van der Waals surface area contributed by atoms with E-state index in [9.17, 15) is 4.79 Å². The smallest absolute Gasteiger partial charge is 0.234 e. The van der Waals surface area contributed by atoms with E-state index in [1.807, 2.05) is 12.3 Å². The van der Waals surface area contributed by atoms with Crippen molar-refractivity contribution in [1.82, 2.24) is 25.5 Å². The highest BCUT2D eigenvalue weighted by atomic mass is 16.2. The Kier molecular flexibility index (Phi) is 4.30. The average molecular weight is 373 g/mol. The van der Waals surface area contributed by atoms with E-state index in [0.717, 1.165) is 43.1 Å². The van der Waals surface area contributed by atoms with Crippen LogP contribution in [0.25, 0.3) is 22.0 Å². The van der Waals surface area contributed by atoms with E-state index in [2.05, 4.69) is 63.0 Å². The highest BCUT2D eigenvalue weighted by Crippen LogP contribution is 2.34. The lowest BCUT2D eigenvalue weighted by Crippen LogP contribution is -2.58. The lowest BCUT2D eigenvalue weighted by Gasteiger charge is -2.41. The van der Waals surface area contributed by atoms with Crippen molar-refractivity contribution in [2.45, 2.75) is 12.0 Å². The molecule has 1 atom stereocenters. The molecule has 3 heterocycles. The quantitative estimate of drug-likeness (QED) is 0.734. The van der Waals surface area contributed by atoms with Crippen LogP contribution in [-0.2, 0) is 10.3 Å². The van der Waals surface area contributed by atoms with Crippen LogP contribution in [0.4, 0.5) is 0 Å². The summed E-state index contributed by atoms with van der Waals surface area (Å²) in [7, 11) is 0. The van der Waals surface area contributed by atoms with Crippen molar-refractivity contribution in [3.8, 4) is 11.3 Å². The van der Waals surface area contributed by atoms with E-state index in [-0.39, 0.29) is 11.4 Å². The topological polar surface area (TPSA) is 70.2 Å². The van der Waals surface area contributed by atoms with Crippen molar-refractivity contribution >= 4 is 16.7 Å². The number of piperazine rings is 1. The minimum Gasteiger partial charge on any atom is -0.354 e. The molecule has 2 N–H and O–H groups in total. The van der Waals surface area contributed by atoms with Crippen molar-refractivity contribution in [3.63, 3.8) is 0 Å². The number of carbonyl (C=O) groups is 1. The highest BCUT2D eigenvalue weighted by Gasteiger charge is 2.45. The molecule has 0 spiro atoms. The van der Waals surface area contributed by atoms with Crippen LogP contribution in [0.2, 0.25) is 0 Å². The zero-order valence-corrected chi connectivity index (χ0v) is 15.7. The van der Waals surface area contributed by atoms with Gasteiger partial charge in [-0.25, -0.2) is 9.97 Å². The van der Waals surface area contributed by atoms with E-state index < -0.39 is 0 Å². The summed E-state index contributed by atoms with van der Waals surface area (Å²) in [6.07, 6.45) is 2.75. The van der Waals surface area contributed by atoms with Gasteiger partial charge < -0.3 is 10.6 Å². The Balaban J connectivity index is 1.55. The molecule has 2 fully saturated rings. The predicted molar refractivity (Wildman–Crippen MR) is 109 cm³/mol. The average Bonchev–Trinajstić information content (AvgIpc) is 3.25. The van der Waals surface area contributed by atoms with Gasteiger partial charge in [0.15, 0.2) is 5.82 Å². The summed E-state index contributed by atoms with van der Waals surface area (Å²) in [6, 6.07) is 16.7. The van der Waals surface area contributed by atoms with Gasteiger partial charge in [-0.15, -0.1) is 0 Å². The fourth-order valence-electron chi connectivity index (χ4n) is 4.38. The molecule has 2 aliphatic heterocycles. The van der Waals surface area contributed by atoms with Crippen LogP contribution in [-0.4, -0.2) is 53.5 Å². The van der Waals surface area contributed by atoms with Crippen LogP contribution in [0.3, 0.4) is 0 Å². The van der Waals surface area contributed by atoms with Gasteiger partial charge in [0.1, 0.15) is 0 Å². The summed E-state index contributed by atoms with van der Waals surface area (Å²) in [5, 5.41) is 8.79. The van der Waals surface area contributed by atoms with Crippen LogP contribution in [0, 0.1) is 0 Å². The van der Waals surface area contributed by atoms with Crippen molar-refractivity contribution in [2.75, 3.05) is 32.7 Å². The number of aromatic nitrogens is 2. The SMILES string of the molecule is O=C1CN([C@@]2(c3nccc(-c4ccc5ccccc5c4)n3)CCNC2)CCN1. The normalized spacial score (nSPS) is 23.1. The molecule has 0 unspecified atom stereocenters. The minimum atomic E-state index is -0.329. The first-order valence-electron chi connectivity index (χ1n) is 9.80. The lowest BCUT2D eigenvalue weighted by molar-refractivity contribution is -0.126. The van der Waals surface area contributed by atoms with Crippen LogP contribution in [0.15, 0.2) is 54.7 Å². The number of hydrogen-bond acceptors (Lipinski definition) is 5. The molecule has 6 heteroatoms. The summed E-state index contributed by atoms with van der Waals surface area (Å²) in [5.74, 6) is 0.876. The van der Waals surface area contributed by atoms with E-state index in [0.29, 0.717) is 13.1 Å². The molecule has 2 aliphatic rings. The first kappa shape index (κ1) is 17.3. The maximum absolute atomic E-state index is 12.0. The molecule has 1 aromatic heterocycles.